The Balaban J connectivity index is 1.43. The molecule has 1 aliphatic rings. The van der Waals surface area contributed by atoms with Crippen molar-refractivity contribution in [3.63, 3.8) is 0 Å². The first kappa shape index (κ1) is 26.2. The number of fused-ring (bicyclic) bond motifs is 1. The van der Waals surface area contributed by atoms with E-state index in [-0.39, 0.29) is 43.0 Å². The van der Waals surface area contributed by atoms with E-state index in [1.54, 1.807) is 31.4 Å². The number of aromatic nitrogens is 2. The number of rotatable bonds is 11. The lowest BCUT2D eigenvalue weighted by Crippen LogP contribution is -2.42. The van der Waals surface area contributed by atoms with Crippen LogP contribution in [0.15, 0.2) is 58.1 Å². The average molecular weight is 507 g/mol. The van der Waals surface area contributed by atoms with Crippen molar-refractivity contribution < 1.29 is 14.3 Å². The lowest BCUT2D eigenvalue weighted by Gasteiger charge is -2.15. The third-order valence-corrected chi connectivity index (χ3v) is 6.81. The largest absolute Gasteiger partial charge is 0.497 e. The zero-order valence-corrected chi connectivity index (χ0v) is 21.2. The lowest BCUT2D eigenvalue weighted by molar-refractivity contribution is -0.122. The van der Waals surface area contributed by atoms with E-state index in [0.29, 0.717) is 35.9 Å². The molecule has 0 bridgehead atoms. The number of unbranched alkanes of at least 4 members (excludes halogenated alkanes) is 1. The van der Waals surface area contributed by atoms with Gasteiger partial charge in [0.15, 0.2) is 0 Å². The van der Waals surface area contributed by atoms with Crippen LogP contribution in [0.25, 0.3) is 10.9 Å². The predicted molar refractivity (Wildman–Crippen MR) is 142 cm³/mol. The molecule has 0 saturated heterocycles. The van der Waals surface area contributed by atoms with Crippen LogP contribution in [-0.2, 0) is 29.2 Å². The van der Waals surface area contributed by atoms with E-state index < -0.39 is 5.69 Å². The molecular formula is C28H34N4O5. The minimum absolute atomic E-state index is 0.0166. The van der Waals surface area contributed by atoms with Gasteiger partial charge in [0, 0.05) is 25.6 Å². The van der Waals surface area contributed by atoms with Gasteiger partial charge in [-0.05, 0) is 55.5 Å². The van der Waals surface area contributed by atoms with Crippen molar-refractivity contribution in [2.75, 3.05) is 7.11 Å². The van der Waals surface area contributed by atoms with E-state index in [1.165, 1.54) is 9.13 Å². The Morgan fingerprint density at radius 2 is 1.76 bits per heavy atom. The molecule has 196 valence electrons. The highest BCUT2D eigenvalue weighted by Gasteiger charge is 2.18. The summed E-state index contributed by atoms with van der Waals surface area (Å²) in [5, 5.41) is 6.27. The molecule has 3 aromatic rings. The van der Waals surface area contributed by atoms with Gasteiger partial charge >= 0.3 is 5.69 Å². The molecule has 1 saturated carbocycles. The van der Waals surface area contributed by atoms with Crippen molar-refractivity contribution in [1.29, 1.82) is 0 Å². The van der Waals surface area contributed by atoms with Crippen LogP contribution in [0, 0.1) is 0 Å². The molecule has 1 fully saturated rings. The molecule has 2 amide bonds. The third-order valence-electron chi connectivity index (χ3n) is 6.81. The highest BCUT2D eigenvalue weighted by atomic mass is 16.5. The minimum Gasteiger partial charge on any atom is -0.497 e. The molecule has 0 atom stereocenters. The number of para-hydroxylation sites is 1. The van der Waals surface area contributed by atoms with Crippen LogP contribution >= 0.6 is 0 Å². The Bertz CT molecular complexity index is 1370. The van der Waals surface area contributed by atoms with E-state index in [9.17, 15) is 19.2 Å². The molecular weight excluding hydrogens is 472 g/mol. The zero-order chi connectivity index (χ0) is 26.2. The molecule has 1 aromatic heterocycles. The van der Waals surface area contributed by atoms with Crippen LogP contribution in [-0.4, -0.2) is 34.1 Å². The minimum atomic E-state index is -0.532. The summed E-state index contributed by atoms with van der Waals surface area (Å²) in [6.07, 6.45) is 5.81. The van der Waals surface area contributed by atoms with Crippen molar-refractivity contribution in [1.82, 2.24) is 19.8 Å². The lowest BCUT2D eigenvalue weighted by atomic mass is 10.2. The van der Waals surface area contributed by atoms with Gasteiger partial charge in [-0.3, -0.25) is 23.5 Å². The summed E-state index contributed by atoms with van der Waals surface area (Å²) < 4.78 is 7.73. The molecule has 9 heteroatoms. The third kappa shape index (κ3) is 6.67. The van der Waals surface area contributed by atoms with Gasteiger partial charge in [0.25, 0.3) is 5.56 Å². The van der Waals surface area contributed by atoms with Crippen LogP contribution in [0.5, 0.6) is 5.75 Å². The van der Waals surface area contributed by atoms with Gasteiger partial charge in [-0.2, -0.15) is 0 Å². The summed E-state index contributed by atoms with van der Waals surface area (Å²) in [4.78, 5) is 51.4. The fraction of sp³-hybridized carbons (Fsp3) is 0.429. The Morgan fingerprint density at radius 1 is 0.973 bits per heavy atom. The first-order valence-electron chi connectivity index (χ1n) is 12.9. The van der Waals surface area contributed by atoms with Gasteiger partial charge in [-0.25, -0.2) is 4.79 Å². The molecule has 9 nitrogen and oxygen atoms in total. The van der Waals surface area contributed by atoms with Crippen LogP contribution < -0.4 is 26.6 Å². The molecule has 0 aliphatic heterocycles. The number of methoxy groups -OCH3 is 1. The van der Waals surface area contributed by atoms with Crippen LogP contribution in [0.3, 0.4) is 0 Å². The van der Waals surface area contributed by atoms with E-state index in [4.69, 9.17) is 4.74 Å². The van der Waals surface area contributed by atoms with Gasteiger partial charge in [-0.15, -0.1) is 0 Å². The molecule has 2 aromatic carbocycles. The predicted octanol–water partition coefficient (Wildman–Crippen LogP) is 2.72. The maximum absolute atomic E-state index is 13.3. The standard InChI is InChI=1S/C28H34N4O5/c1-37-22-12-8-9-20(17-22)18-29-26(34)19-32-24-14-5-4-13-23(24)27(35)31(28(32)36)16-7-6-15-25(33)30-21-10-2-3-11-21/h4-5,8-9,12-14,17,21H,2-3,6-7,10-11,15-16,18-19H2,1H3,(H,29,34)(H,30,33). The fourth-order valence-corrected chi connectivity index (χ4v) is 4.83. The van der Waals surface area contributed by atoms with E-state index in [1.807, 2.05) is 24.3 Å². The number of nitrogens with zero attached hydrogens (tertiary/aromatic N) is 2. The normalized spacial score (nSPS) is 13.5. The quantitative estimate of drug-likeness (QED) is 0.389. The van der Waals surface area contributed by atoms with Gasteiger partial charge < -0.3 is 15.4 Å². The molecule has 1 aliphatic carbocycles. The average Bonchev–Trinajstić information content (AvgIpc) is 3.42. The molecule has 0 radical (unpaired) electrons. The smallest absolute Gasteiger partial charge is 0.331 e. The van der Waals surface area contributed by atoms with Crippen molar-refractivity contribution in [3.05, 3.63) is 74.9 Å². The molecule has 4 rings (SSSR count). The Kier molecular flexibility index (Phi) is 8.77. The number of benzene rings is 2. The van der Waals surface area contributed by atoms with Gasteiger partial charge in [0.2, 0.25) is 11.8 Å². The van der Waals surface area contributed by atoms with Crippen LogP contribution in [0.1, 0.15) is 50.5 Å². The van der Waals surface area contributed by atoms with Crippen molar-refractivity contribution >= 4 is 22.7 Å². The van der Waals surface area contributed by atoms with Crippen molar-refractivity contribution in [2.24, 2.45) is 0 Å². The van der Waals surface area contributed by atoms with E-state index in [2.05, 4.69) is 10.6 Å². The molecule has 37 heavy (non-hydrogen) atoms. The fourth-order valence-electron chi connectivity index (χ4n) is 4.83. The second-order valence-corrected chi connectivity index (χ2v) is 9.48. The SMILES string of the molecule is COc1cccc(CNC(=O)Cn2c(=O)n(CCCCC(=O)NC3CCCC3)c(=O)c3ccccc32)c1. The number of amides is 2. The molecule has 0 unspecified atom stereocenters. The number of hydrogen-bond donors (Lipinski definition) is 2. The van der Waals surface area contributed by atoms with Gasteiger partial charge in [-0.1, -0.05) is 37.1 Å². The Hall–Kier alpha value is -3.88. The molecule has 2 N–H and O–H groups in total. The maximum Gasteiger partial charge on any atom is 0.331 e. The van der Waals surface area contributed by atoms with E-state index in [0.717, 1.165) is 31.2 Å². The van der Waals surface area contributed by atoms with Gasteiger partial charge in [0.1, 0.15) is 12.3 Å². The van der Waals surface area contributed by atoms with Crippen molar-refractivity contribution in [2.45, 2.75) is 70.6 Å². The Labute approximate surface area is 215 Å². The van der Waals surface area contributed by atoms with E-state index >= 15 is 0 Å². The summed E-state index contributed by atoms with van der Waals surface area (Å²) in [6, 6.07) is 14.4. The highest BCUT2D eigenvalue weighted by molar-refractivity contribution is 5.81. The summed E-state index contributed by atoms with van der Waals surface area (Å²) in [5.74, 6) is 0.365. The molecule has 0 spiro atoms. The van der Waals surface area contributed by atoms with Crippen LogP contribution in [0.2, 0.25) is 0 Å². The first-order valence-corrected chi connectivity index (χ1v) is 12.9. The maximum atomic E-state index is 13.3. The number of ether oxygens (including phenoxy) is 1. The highest BCUT2D eigenvalue weighted by Crippen LogP contribution is 2.18. The molecule has 1 heterocycles. The van der Waals surface area contributed by atoms with Crippen molar-refractivity contribution in [3.8, 4) is 5.75 Å². The monoisotopic (exact) mass is 506 g/mol. The summed E-state index contributed by atoms with van der Waals surface area (Å²) >= 11 is 0. The summed E-state index contributed by atoms with van der Waals surface area (Å²) in [7, 11) is 1.58. The van der Waals surface area contributed by atoms with Crippen LogP contribution in [0.4, 0.5) is 0 Å². The van der Waals surface area contributed by atoms with Gasteiger partial charge in [0.05, 0.1) is 18.0 Å². The number of hydrogen-bond acceptors (Lipinski definition) is 5. The second kappa shape index (κ2) is 12.4. The zero-order valence-electron chi connectivity index (χ0n) is 21.2. The first-order chi connectivity index (χ1) is 18.0. The number of nitrogens with one attached hydrogen (secondary N) is 2. The topological polar surface area (TPSA) is 111 Å². The summed E-state index contributed by atoms with van der Waals surface area (Å²) in [5.41, 5.74) is 0.368. The summed E-state index contributed by atoms with van der Waals surface area (Å²) in [6.45, 7) is 0.253. The second-order valence-electron chi connectivity index (χ2n) is 9.48. The Morgan fingerprint density at radius 3 is 2.54 bits per heavy atom. The number of carbonyl (C=O) groups is 2. The number of carbonyl (C=O) groups excluding carboxylic acids is 2.